The van der Waals surface area contributed by atoms with Crippen LogP contribution in [-0.2, 0) is 19.6 Å². The van der Waals surface area contributed by atoms with E-state index in [2.05, 4.69) is 10.0 Å². The zero-order valence-corrected chi connectivity index (χ0v) is 18.3. The van der Waals surface area contributed by atoms with Crippen LogP contribution < -0.4 is 10.0 Å². The molecule has 10 heteroatoms. The highest BCUT2D eigenvalue weighted by Gasteiger charge is 2.27. The van der Waals surface area contributed by atoms with Crippen LogP contribution in [0, 0.1) is 6.92 Å². The van der Waals surface area contributed by atoms with Crippen molar-refractivity contribution < 1.29 is 22.7 Å². The number of ether oxygens (including phenoxy) is 1. The summed E-state index contributed by atoms with van der Waals surface area (Å²) in [6.07, 6.45) is 2.12. The van der Waals surface area contributed by atoms with Crippen LogP contribution in [0.3, 0.4) is 0 Å². The molecule has 0 atom stereocenters. The first kappa shape index (κ1) is 22.7. The van der Waals surface area contributed by atoms with Gasteiger partial charge in [-0.25, -0.2) is 13.1 Å². The number of carbonyl (C=O) groups excluding carboxylic acids is 2. The Morgan fingerprint density at radius 1 is 1.17 bits per heavy atom. The van der Waals surface area contributed by atoms with E-state index in [-0.39, 0.29) is 29.9 Å². The Labute approximate surface area is 177 Å². The number of amides is 2. The van der Waals surface area contributed by atoms with Gasteiger partial charge in [0, 0.05) is 51.4 Å². The second kappa shape index (κ2) is 9.86. The molecule has 0 aromatic heterocycles. The molecular weight excluding hydrogens is 408 g/mol. The van der Waals surface area contributed by atoms with E-state index >= 15 is 0 Å². The molecule has 1 saturated carbocycles. The molecule has 9 nitrogen and oxygen atoms in total. The molecule has 166 valence electrons. The molecule has 0 spiro atoms. The lowest BCUT2D eigenvalue weighted by atomic mass is 10.1. The van der Waals surface area contributed by atoms with Crippen molar-refractivity contribution in [1.82, 2.24) is 19.8 Å². The van der Waals surface area contributed by atoms with Gasteiger partial charge in [0.2, 0.25) is 15.9 Å². The van der Waals surface area contributed by atoms with Crippen molar-refractivity contribution in [1.29, 1.82) is 0 Å². The summed E-state index contributed by atoms with van der Waals surface area (Å²) in [5.74, 6) is -0.157. The number of carbonyl (C=O) groups is 2. The third kappa shape index (κ3) is 6.00. The molecule has 30 heavy (non-hydrogen) atoms. The van der Waals surface area contributed by atoms with Crippen LogP contribution in [0.5, 0.6) is 0 Å². The van der Waals surface area contributed by atoms with Gasteiger partial charge in [0.1, 0.15) is 0 Å². The van der Waals surface area contributed by atoms with Gasteiger partial charge in [-0.1, -0.05) is 6.07 Å². The van der Waals surface area contributed by atoms with Gasteiger partial charge in [-0.2, -0.15) is 0 Å². The predicted molar refractivity (Wildman–Crippen MR) is 112 cm³/mol. The molecule has 1 heterocycles. The van der Waals surface area contributed by atoms with Crippen molar-refractivity contribution in [2.45, 2.75) is 30.7 Å². The second-order valence-corrected chi connectivity index (χ2v) is 9.54. The van der Waals surface area contributed by atoms with E-state index in [1.807, 2.05) is 4.90 Å². The molecule has 1 aromatic carbocycles. The maximum absolute atomic E-state index is 13.0. The van der Waals surface area contributed by atoms with Gasteiger partial charge in [-0.05, 0) is 37.5 Å². The largest absolute Gasteiger partial charge is 0.383 e. The van der Waals surface area contributed by atoms with Crippen molar-refractivity contribution in [3.05, 3.63) is 29.3 Å². The van der Waals surface area contributed by atoms with E-state index in [0.29, 0.717) is 44.3 Å². The van der Waals surface area contributed by atoms with Gasteiger partial charge in [0.05, 0.1) is 18.0 Å². The van der Waals surface area contributed by atoms with E-state index in [1.54, 1.807) is 17.9 Å². The molecule has 0 radical (unpaired) electrons. The summed E-state index contributed by atoms with van der Waals surface area (Å²) in [5, 5.41) is 2.98. The van der Waals surface area contributed by atoms with Crippen LogP contribution in [0.15, 0.2) is 23.1 Å². The average Bonchev–Trinajstić information content (AvgIpc) is 3.52. The highest BCUT2D eigenvalue weighted by molar-refractivity contribution is 7.89. The number of nitrogens with one attached hydrogen (secondary N) is 2. The molecule has 1 aliphatic carbocycles. The normalized spacial score (nSPS) is 17.7. The summed E-state index contributed by atoms with van der Waals surface area (Å²) in [6, 6.07) is 4.92. The third-order valence-electron chi connectivity index (χ3n) is 5.32. The lowest BCUT2D eigenvalue weighted by Gasteiger charge is -2.34. The Bertz CT molecular complexity index is 877. The summed E-state index contributed by atoms with van der Waals surface area (Å²) in [6.45, 7) is 4.78. The number of hydrogen-bond acceptors (Lipinski definition) is 6. The second-order valence-electron chi connectivity index (χ2n) is 7.78. The van der Waals surface area contributed by atoms with Crippen molar-refractivity contribution in [2.75, 3.05) is 53.0 Å². The molecule has 2 fully saturated rings. The van der Waals surface area contributed by atoms with Crippen LogP contribution in [0.1, 0.15) is 28.8 Å². The summed E-state index contributed by atoms with van der Waals surface area (Å²) >= 11 is 0. The Balaban J connectivity index is 1.60. The van der Waals surface area contributed by atoms with Gasteiger partial charge < -0.3 is 15.0 Å². The number of hydrogen-bond donors (Lipinski definition) is 2. The summed E-state index contributed by atoms with van der Waals surface area (Å²) in [4.78, 5) is 28.8. The van der Waals surface area contributed by atoms with Crippen LogP contribution >= 0.6 is 0 Å². The fourth-order valence-corrected chi connectivity index (χ4v) is 4.38. The maximum Gasteiger partial charge on any atom is 0.254 e. The zero-order chi connectivity index (χ0) is 21.7. The number of rotatable bonds is 9. The molecular formula is C20H30N4O5S. The first-order valence-electron chi connectivity index (χ1n) is 10.2. The molecule has 2 aliphatic rings. The van der Waals surface area contributed by atoms with Crippen molar-refractivity contribution in [2.24, 2.45) is 0 Å². The molecule has 0 bridgehead atoms. The Morgan fingerprint density at radius 2 is 1.87 bits per heavy atom. The number of aryl methyl sites for hydroxylation is 1. The summed E-state index contributed by atoms with van der Waals surface area (Å²) < 4.78 is 32.3. The lowest BCUT2D eigenvalue weighted by molar-refractivity contribution is -0.122. The number of nitrogens with zero attached hydrogens (tertiary/aromatic N) is 2. The molecule has 3 rings (SSSR count). The molecule has 1 aromatic rings. The predicted octanol–water partition coefficient (Wildman–Crippen LogP) is -0.0439. The van der Waals surface area contributed by atoms with Crippen molar-refractivity contribution >= 4 is 21.8 Å². The minimum absolute atomic E-state index is 0.0343. The molecule has 0 unspecified atom stereocenters. The Morgan fingerprint density at radius 3 is 2.50 bits per heavy atom. The number of piperazine rings is 1. The van der Waals surface area contributed by atoms with Crippen molar-refractivity contribution in [3.8, 4) is 0 Å². The standard InChI is InChI=1S/C20H30N4O5S/c1-15-3-6-17(30(27,28)21-7-12-29-2)13-18(15)20(26)24-10-8-23(9-11-24)14-19(25)22-16-4-5-16/h3,6,13,16,21H,4-5,7-12,14H2,1-2H3,(H,22,25). The fraction of sp³-hybridized carbons (Fsp3) is 0.600. The van der Waals surface area contributed by atoms with Crippen LogP contribution in [0.25, 0.3) is 0 Å². The third-order valence-corrected chi connectivity index (χ3v) is 6.78. The minimum Gasteiger partial charge on any atom is -0.383 e. The maximum atomic E-state index is 13.0. The van der Waals surface area contributed by atoms with Gasteiger partial charge >= 0.3 is 0 Å². The first-order valence-corrected chi connectivity index (χ1v) is 11.7. The average molecular weight is 439 g/mol. The summed E-state index contributed by atoms with van der Waals surface area (Å²) in [7, 11) is -2.22. The number of sulfonamides is 1. The van der Waals surface area contributed by atoms with E-state index in [0.717, 1.165) is 18.4 Å². The van der Waals surface area contributed by atoms with Gasteiger partial charge in [-0.15, -0.1) is 0 Å². The lowest BCUT2D eigenvalue weighted by Crippen LogP contribution is -2.51. The molecule has 2 amide bonds. The van der Waals surface area contributed by atoms with Gasteiger partial charge in [0.15, 0.2) is 0 Å². The zero-order valence-electron chi connectivity index (χ0n) is 17.5. The van der Waals surface area contributed by atoms with E-state index in [1.165, 1.54) is 19.2 Å². The Kier molecular flexibility index (Phi) is 7.45. The van der Waals surface area contributed by atoms with Crippen molar-refractivity contribution in [3.63, 3.8) is 0 Å². The topological polar surface area (TPSA) is 108 Å². The highest BCUT2D eigenvalue weighted by atomic mass is 32.2. The smallest absolute Gasteiger partial charge is 0.254 e. The molecule has 1 saturated heterocycles. The minimum atomic E-state index is -3.72. The van der Waals surface area contributed by atoms with Gasteiger partial charge in [-0.3, -0.25) is 14.5 Å². The fourth-order valence-electron chi connectivity index (χ4n) is 3.34. The SMILES string of the molecule is COCCNS(=O)(=O)c1ccc(C)c(C(=O)N2CCN(CC(=O)NC3CC3)CC2)c1. The molecule has 1 aliphatic heterocycles. The monoisotopic (exact) mass is 438 g/mol. The highest BCUT2D eigenvalue weighted by Crippen LogP contribution is 2.19. The van der Waals surface area contributed by atoms with Crippen LogP contribution in [0.2, 0.25) is 0 Å². The van der Waals surface area contributed by atoms with Gasteiger partial charge in [0.25, 0.3) is 5.91 Å². The first-order chi connectivity index (χ1) is 14.3. The summed E-state index contributed by atoms with van der Waals surface area (Å²) in [5.41, 5.74) is 1.10. The van der Waals surface area contributed by atoms with Crippen LogP contribution in [0.4, 0.5) is 0 Å². The van der Waals surface area contributed by atoms with E-state index < -0.39 is 10.0 Å². The quantitative estimate of drug-likeness (QED) is 0.524. The Hall–Kier alpha value is -2.01. The number of benzene rings is 1. The van der Waals surface area contributed by atoms with E-state index in [4.69, 9.17) is 4.74 Å². The van der Waals surface area contributed by atoms with Crippen LogP contribution in [-0.4, -0.2) is 89.1 Å². The van der Waals surface area contributed by atoms with E-state index in [9.17, 15) is 18.0 Å². The number of methoxy groups -OCH3 is 1. The molecule has 2 N–H and O–H groups in total.